The smallest absolute Gasteiger partial charge is 0.101 e. The number of nitrogens with two attached hydrogens (primary N) is 1. The Bertz CT molecular complexity index is 528. The molecule has 0 fully saturated rings. The van der Waals surface area contributed by atoms with Crippen molar-refractivity contribution in [2.24, 2.45) is 5.73 Å². The topological polar surface area (TPSA) is 38.9 Å². The van der Waals surface area contributed by atoms with Gasteiger partial charge in [0.25, 0.3) is 0 Å². The second-order valence-corrected chi connectivity index (χ2v) is 6.37. The van der Waals surface area contributed by atoms with Crippen molar-refractivity contribution in [2.75, 3.05) is 0 Å². The molecule has 2 nitrogen and oxygen atoms in total. The second-order valence-electron chi connectivity index (χ2n) is 4.40. The third kappa shape index (κ3) is 4.34. The standard InChI is InChI=1S/C15H17BrN2S/c1-2-13(17)9-11-5-3-4-6-14(11)19-15-8-7-12(16)10-18-15/h3-8,10,13H,2,9,17H2,1H3. The lowest BCUT2D eigenvalue weighted by atomic mass is 10.1. The van der Waals surface area contributed by atoms with Gasteiger partial charge in [-0.3, -0.25) is 0 Å². The molecule has 0 aliphatic carbocycles. The number of halogens is 1. The van der Waals surface area contributed by atoms with E-state index in [1.54, 1.807) is 11.8 Å². The fourth-order valence-corrected chi connectivity index (χ4v) is 2.86. The highest BCUT2D eigenvalue weighted by molar-refractivity contribution is 9.10. The van der Waals surface area contributed by atoms with Gasteiger partial charge in [-0.2, -0.15) is 0 Å². The molecule has 0 saturated carbocycles. The van der Waals surface area contributed by atoms with Crippen molar-refractivity contribution in [1.82, 2.24) is 4.98 Å². The highest BCUT2D eigenvalue weighted by Crippen LogP contribution is 2.30. The number of hydrogen-bond donors (Lipinski definition) is 1. The number of benzene rings is 1. The number of nitrogens with zero attached hydrogens (tertiary/aromatic N) is 1. The molecular weight excluding hydrogens is 320 g/mol. The third-order valence-electron chi connectivity index (χ3n) is 2.89. The van der Waals surface area contributed by atoms with Gasteiger partial charge < -0.3 is 5.73 Å². The van der Waals surface area contributed by atoms with Crippen LogP contribution in [0.5, 0.6) is 0 Å². The van der Waals surface area contributed by atoms with Gasteiger partial charge >= 0.3 is 0 Å². The van der Waals surface area contributed by atoms with E-state index >= 15 is 0 Å². The zero-order chi connectivity index (χ0) is 13.7. The molecule has 2 rings (SSSR count). The van der Waals surface area contributed by atoms with Gasteiger partial charge in [-0.1, -0.05) is 36.9 Å². The zero-order valence-electron chi connectivity index (χ0n) is 10.8. The Balaban J connectivity index is 2.17. The Kier molecular flexibility index (Phi) is 5.43. The molecule has 1 aromatic carbocycles. The maximum Gasteiger partial charge on any atom is 0.101 e. The first-order chi connectivity index (χ1) is 9.19. The molecule has 0 bridgehead atoms. The predicted octanol–water partition coefficient (Wildman–Crippen LogP) is 4.28. The first kappa shape index (κ1) is 14.6. The first-order valence-electron chi connectivity index (χ1n) is 6.32. The van der Waals surface area contributed by atoms with Crippen molar-refractivity contribution in [3.05, 3.63) is 52.6 Å². The molecule has 1 atom stereocenters. The molecule has 19 heavy (non-hydrogen) atoms. The van der Waals surface area contributed by atoms with Crippen molar-refractivity contribution in [1.29, 1.82) is 0 Å². The molecule has 100 valence electrons. The fraction of sp³-hybridized carbons (Fsp3) is 0.267. The van der Waals surface area contributed by atoms with Gasteiger partial charge in [0, 0.05) is 21.6 Å². The van der Waals surface area contributed by atoms with Gasteiger partial charge in [-0.05, 0) is 52.5 Å². The van der Waals surface area contributed by atoms with Gasteiger partial charge in [-0.25, -0.2) is 4.98 Å². The van der Waals surface area contributed by atoms with Gasteiger partial charge in [0.15, 0.2) is 0 Å². The van der Waals surface area contributed by atoms with E-state index in [-0.39, 0.29) is 6.04 Å². The SMILES string of the molecule is CCC(N)Cc1ccccc1Sc1ccc(Br)cn1. The summed E-state index contributed by atoms with van der Waals surface area (Å²) in [7, 11) is 0. The summed E-state index contributed by atoms with van der Waals surface area (Å²) in [6, 6.07) is 12.7. The minimum absolute atomic E-state index is 0.222. The number of aromatic nitrogens is 1. The Labute approximate surface area is 126 Å². The molecule has 0 saturated heterocycles. The summed E-state index contributed by atoms with van der Waals surface area (Å²) in [5.74, 6) is 0. The van der Waals surface area contributed by atoms with Gasteiger partial charge in [0.2, 0.25) is 0 Å². The molecule has 0 aliphatic heterocycles. The monoisotopic (exact) mass is 336 g/mol. The molecule has 4 heteroatoms. The summed E-state index contributed by atoms with van der Waals surface area (Å²) in [5, 5.41) is 1.00. The minimum atomic E-state index is 0.222. The number of rotatable bonds is 5. The lowest BCUT2D eigenvalue weighted by Gasteiger charge is -2.12. The van der Waals surface area contributed by atoms with Crippen molar-refractivity contribution in [2.45, 2.75) is 35.7 Å². The molecular formula is C15H17BrN2S. The second kappa shape index (κ2) is 7.08. The molecule has 0 radical (unpaired) electrons. The normalized spacial score (nSPS) is 12.4. The Morgan fingerprint density at radius 3 is 2.74 bits per heavy atom. The summed E-state index contributed by atoms with van der Waals surface area (Å²) >= 11 is 5.09. The van der Waals surface area contributed by atoms with E-state index in [2.05, 4.69) is 52.1 Å². The summed E-state index contributed by atoms with van der Waals surface area (Å²) in [6.07, 6.45) is 3.73. The van der Waals surface area contributed by atoms with Crippen molar-refractivity contribution < 1.29 is 0 Å². The lowest BCUT2D eigenvalue weighted by molar-refractivity contribution is 0.641. The van der Waals surface area contributed by atoms with E-state index < -0.39 is 0 Å². The average molecular weight is 337 g/mol. The predicted molar refractivity (Wildman–Crippen MR) is 84.5 cm³/mol. The van der Waals surface area contributed by atoms with E-state index in [9.17, 15) is 0 Å². The first-order valence-corrected chi connectivity index (χ1v) is 7.93. The van der Waals surface area contributed by atoms with Crippen molar-refractivity contribution in [3.63, 3.8) is 0 Å². The van der Waals surface area contributed by atoms with Crippen LogP contribution >= 0.6 is 27.7 Å². The maximum absolute atomic E-state index is 6.06. The number of hydrogen-bond acceptors (Lipinski definition) is 3. The third-order valence-corrected chi connectivity index (χ3v) is 4.43. The van der Waals surface area contributed by atoms with Crippen LogP contribution in [-0.4, -0.2) is 11.0 Å². The minimum Gasteiger partial charge on any atom is -0.327 e. The van der Waals surface area contributed by atoms with E-state index in [0.717, 1.165) is 22.3 Å². The molecule has 0 spiro atoms. The van der Waals surface area contributed by atoms with Crippen LogP contribution in [0.4, 0.5) is 0 Å². The molecule has 0 amide bonds. The van der Waals surface area contributed by atoms with Crippen LogP contribution in [-0.2, 0) is 6.42 Å². The summed E-state index contributed by atoms with van der Waals surface area (Å²) < 4.78 is 0.998. The van der Waals surface area contributed by atoms with Gasteiger partial charge in [0.1, 0.15) is 5.03 Å². The van der Waals surface area contributed by atoms with Crippen LogP contribution in [0.3, 0.4) is 0 Å². The van der Waals surface area contributed by atoms with Crippen LogP contribution in [0.25, 0.3) is 0 Å². The van der Waals surface area contributed by atoms with E-state index in [1.165, 1.54) is 10.5 Å². The summed E-state index contributed by atoms with van der Waals surface area (Å²) in [6.45, 7) is 2.12. The summed E-state index contributed by atoms with van der Waals surface area (Å²) in [5.41, 5.74) is 7.35. The van der Waals surface area contributed by atoms with Crippen LogP contribution in [0.1, 0.15) is 18.9 Å². The van der Waals surface area contributed by atoms with Gasteiger partial charge in [0.05, 0.1) is 0 Å². The van der Waals surface area contributed by atoms with Crippen LogP contribution in [0.15, 0.2) is 57.0 Å². The molecule has 1 aromatic heterocycles. The van der Waals surface area contributed by atoms with Gasteiger partial charge in [-0.15, -0.1) is 0 Å². The zero-order valence-corrected chi connectivity index (χ0v) is 13.2. The van der Waals surface area contributed by atoms with Crippen LogP contribution in [0, 0.1) is 0 Å². The molecule has 1 heterocycles. The van der Waals surface area contributed by atoms with E-state index in [0.29, 0.717) is 0 Å². The lowest BCUT2D eigenvalue weighted by Crippen LogP contribution is -2.21. The molecule has 0 aliphatic rings. The average Bonchev–Trinajstić information content (AvgIpc) is 2.43. The molecule has 1 unspecified atom stereocenters. The Morgan fingerprint density at radius 1 is 1.26 bits per heavy atom. The largest absolute Gasteiger partial charge is 0.327 e. The molecule has 2 N–H and O–H groups in total. The highest BCUT2D eigenvalue weighted by Gasteiger charge is 2.08. The highest BCUT2D eigenvalue weighted by atomic mass is 79.9. The Morgan fingerprint density at radius 2 is 2.05 bits per heavy atom. The van der Waals surface area contributed by atoms with Crippen molar-refractivity contribution in [3.8, 4) is 0 Å². The molecule has 2 aromatic rings. The Hall–Kier alpha value is -0.840. The fourth-order valence-electron chi connectivity index (χ4n) is 1.73. The van der Waals surface area contributed by atoms with Crippen LogP contribution in [0.2, 0.25) is 0 Å². The van der Waals surface area contributed by atoms with Crippen molar-refractivity contribution >= 4 is 27.7 Å². The summed E-state index contributed by atoms with van der Waals surface area (Å²) in [4.78, 5) is 5.64. The van der Waals surface area contributed by atoms with Crippen LogP contribution < -0.4 is 5.73 Å². The quantitative estimate of drug-likeness (QED) is 0.885. The number of pyridine rings is 1. The maximum atomic E-state index is 6.06. The van der Waals surface area contributed by atoms with E-state index in [4.69, 9.17) is 5.73 Å². The van der Waals surface area contributed by atoms with E-state index in [1.807, 2.05) is 18.3 Å².